The number of halogens is 4. The molecule has 20 heavy (non-hydrogen) atoms. The summed E-state index contributed by atoms with van der Waals surface area (Å²) >= 11 is 0. The van der Waals surface area contributed by atoms with Crippen molar-refractivity contribution in [1.82, 2.24) is 0 Å². The molecule has 2 aromatic rings. The van der Waals surface area contributed by atoms with Crippen LogP contribution in [0.1, 0.15) is 0 Å². The van der Waals surface area contributed by atoms with E-state index in [-0.39, 0.29) is 11.5 Å². The normalized spacial score (nSPS) is 12.0. The quantitative estimate of drug-likeness (QED) is 0.762. The third kappa shape index (κ3) is 3.20. The molecule has 0 heterocycles. The third-order valence-electron chi connectivity index (χ3n) is 2.32. The third-order valence-corrected chi connectivity index (χ3v) is 2.32. The molecule has 6 heteroatoms. The smallest absolute Gasteiger partial charge is 0.425 e. The Morgan fingerprint density at radius 1 is 0.550 bits per heavy atom. The zero-order chi connectivity index (χ0) is 14.6. The van der Waals surface area contributed by atoms with Crippen LogP contribution >= 0.6 is 0 Å². The van der Waals surface area contributed by atoms with Crippen molar-refractivity contribution < 1.29 is 27.0 Å². The molecule has 0 radical (unpaired) electrons. The van der Waals surface area contributed by atoms with Crippen LogP contribution in [0, 0.1) is 0 Å². The van der Waals surface area contributed by atoms with E-state index in [2.05, 4.69) is 9.47 Å². The maximum absolute atomic E-state index is 13.5. The number of hydrogen-bond donors (Lipinski definition) is 0. The predicted octanol–water partition coefficient (Wildman–Crippen LogP) is 4.33. The van der Waals surface area contributed by atoms with Crippen LogP contribution in [0.15, 0.2) is 60.7 Å². The molecule has 2 rings (SSSR count). The van der Waals surface area contributed by atoms with Crippen LogP contribution in [-0.2, 0) is 0 Å². The molecule has 0 aromatic heterocycles. The van der Waals surface area contributed by atoms with E-state index in [0.717, 1.165) is 24.3 Å². The van der Waals surface area contributed by atoms with Gasteiger partial charge in [-0.05, 0) is 24.3 Å². The standard InChI is InChI=1S/C14H10F4O2/c15-13(16,19-11-7-3-1-4-8-11)14(17,18)20-12-9-5-2-6-10-12/h1-10H. The maximum atomic E-state index is 13.5. The van der Waals surface area contributed by atoms with Crippen molar-refractivity contribution in [3.8, 4) is 11.5 Å². The Balaban J connectivity index is 2.14. The highest BCUT2D eigenvalue weighted by Crippen LogP contribution is 2.37. The molecule has 2 aromatic carbocycles. The van der Waals surface area contributed by atoms with Crippen molar-refractivity contribution >= 4 is 0 Å². The Morgan fingerprint density at radius 3 is 1.15 bits per heavy atom. The van der Waals surface area contributed by atoms with E-state index in [1.807, 2.05) is 0 Å². The summed E-state index contributed by atoms with van der Waals surface area (Å²) in [7, 11) is 0. The van der Waals surface area contributed by atoms with Gasteiger partial charge in [0, 0.05) is 0 Å². The highest BCUT2D eigenvalue weighted by molar-refractivity contribution is 5.23. The van der Waals surface area contributed by atoms with Gasteiger partial charge in [-0.3, -0.25) is 0 Å². The minimum absolute atomic E-state index is 0.381. The Labute approximate surface area is 112 Å². The Kier molecular flexibility index (Phi) is 3.83. The van der Waals surface area contributed by atoms with Gasteiger partial charge in [0.25, 0.3) is 0 Å². The lowest BCUT2D eigenvalue weighted by molar-refractivity contribution is -0.379. The largest absolute Gasteiger partial charge is 0.507 e. The summed E-state index contributed by atoms with van der Waals surface area (Å²) in [5, 5.41) is 0. The molecule has 0 fully saturated rings. The van der Waals surface area contributed by atoms with Crippen molar-refractivity contribution in [3.05, 3.63) is 60.7 Å². The van der Waals surface area contributed by atoms with Crippen molar-refractivity contribution in [2.24, 2.45) is 0 Å². The number of ether oxygens (including phenoxy) is 2. The topological polar surface area (TPSA) is 18.5 Å². The van der Waals surface area contributed by atoms with E-state index >= 15 is 0 Å². The van der Waals surface area contributed by atoms with Gasteiger partial charge in [0.2, 0.25) is 0 Å². The molecular formula is C14H10F4O2. The lowest BCUT2D eigenvalue weighted by atomic mass is 10.3. The minimum atomic E-state index is -4.80. The average Bonchev–Trinajstić information content (AvgIpc) is 2.40. The summed E-state index contributed by atoms with van der Waals surface area (Å²) in [4.78, 5) is 0. The summed E-state index contributed by atoms with van der Waals surface area (Å²) in [6, 6.07) is 13.2. The van der Waals surface area contributed by atoms with E-state index in [1.165, 1.54) is 24.3 Å². The van der Waals surface area contributed by atoms with Crippen LogP contribution in [0.2, 0.25) is 0 Å². The van der Waals surface area contributed by atoms with Crippen LogP contribution in [-0.4, -0.2) is 12.2 Å². The van der Waals surface area contributed by atoms with Crippen LogP contribution in [0.3, 0.4) is 0 Å². The lowest BCUT2D eigenvalue weighted by Gasteiger charge is -2.26. The Morgan fingerprint density at radius 2 is 0.850 bits per heavy atom. The molecule has 0 aliphatic carbocycles. The zero-order valence-electron chi connectivity index (χ0n) is 10.1. The molecule has 0 unspecified atom stereocenters. The number of benzene rings is 2. The van der Waals surface area contributed by atoms with Gasteiger partial charge >= 0.3 is 12.2 Å². The van der Waals surface area contributed by atoms with Crippen molar-refractivity contribution in [3.63, 3.8) is 0 Å². The molecule has 0 amide bonds. The van der Waals surface area contributed by atoms with Crippen LogP contribution < -0.4 is 9.47 Å². The van der Waals surface area contributed by atoms with Gasteiger partial charge in [-0.2, -0.15) is 17.6 Å². The summed E-state index contributed by atoms with van der Waals surface area (Å²) in [6.07, 6.45) is -9.60. The van der Waals surface area contributed by atoms with E-state index in [4.69, 9.17) is 0 Å². The molecule has 0 atom stereocenters. The van der Waals surface area contributed by atoms with E-state index < -0.39 is 12.2 Å². The maximum Gasteiger partial charge on any atom is 0.507 e. The van der Waals surface area contributed by atoms with Crippen LogP contribution in [0.4, 0.5) is 17.6 Å². The summed E-state index contributed by atoms with van der Waals surface area (Å²) in [6.45, 7) is 0. The summed E-state index contributed by atoms with van der Waals surface area (Å²) in [5.74, 6) is -0.761. The van der Waals surface area contributed by atoms with Gasteiger partial charge in [0.1, 0.15) is 11.5 Å². The fourth-order valence-corrected chi connectivity index (χ4v) is 1.39. The van der Waals surface area contributed by atoms with Crippen molar-refractivity contribution in [2.45, 2.75) is 12.2 Å². The van der Waals surface area contributed by atoms with Gasteiger partial charge in [-0.1, -0.05) is 36.4 Å². The van der Waals surface area contributed by atoms with E-state index in [0.29, 0.717) is 0 Å². The van der Waals surface area contributed by atoms with E-state index in [9.17, 15) is 17.6 Å². The molecular weight excluding hydrogens is 276 g/mol. The Bertz CT molecular complexity index is 492. The van der Waals surface area contributed by atoms with E-state index in [1.54, 1.807) is 12.1 Å². The molecule has 0 saturated heterocycles. The highest BCUT2D eigenvalue weighted by Gasteiger charge is 2.63. The SMILES string of the molecule is FC(F)(Oc1ccccc1)C(F)(F)Oc1ccccc1. The van der Waals surface area contributed by atoms with Gasteiger partial charge in [0.15, 0.2) is 0 Å². The number of alkyl halides is 4. The molecule has 2 nitrogen and oxygen atoms in total. The highest BCUT2D eigenvalue weighted by atomic mass is 19.3. The lowest BCUT2D eigenvalue weighted by Crippen LogP contribution is -2.49. The molecule has 0 saturated carbocycles. The van der Waals surface area contributed by atoms with Gasteiger partial charge < -0.3 is 9.47 Å². The van der Waals surface area contributed by atoms with Gasteiger partial charge in [-0.15, -0.1) is 0 Å². The first kappa shape index (κ1) is 14.2. The second-order valence-electron chi connectivity index (χ2n) is 3.86. The zero-order valence-corrected chi connectivity index (χ0v) is 10.1. The first-order chi connectivity index (χ1) is 9.41. The summed E-state index contributed by atoms with van der Waals surface area (Å²) < 4.78 is 62.0. The Hall–Kier alpha value is -2.24. The first-order valence-electron chi connectivity index (χ1n) is 5.64. The second-order valence-corrected chi connectivity index (χ2v) is 3.86. The molecule has 0 spiro atoms. The van der Waals surface area contributed by atoms with Gasteiger partial charge in [0.05, 0.1) is 0 Å². The van der Waals surface area contributed by atoms with Crippen molar-refractivity contribution in [1.29, 1.82) is 0 Å². The molecule has 0 aliphatic rings. The van der Waals surface area contributed by atoms with Crippen molar-refractivity contribution in [2.75, 3.05) is 0 Å². The fourth-order valence-electron chi connectivity index (χ4n) is 1.39. The van der Waals surface area contributed by atoms with Gasteiger partial charge in [-0.25, -0.2) is 0 Å². The first-order valence-corrected chi connectivity index (χ1v) is 5.64. The number of hydrogen-bond acceptors (Lipinski definition) is 2. The molecule has 0 bridgehead atoms. The summed E-state index contributed by atoms with van der Waals surface area (Å²) in [5.41, 5.74) is 0. The minimum Gasteiger partial charge on any atom is -0.425 e. The fraction of sp³-hybridized carbons (Fsp3) is 0.143. The molecule has 0 N–H and O–H groups in total. The predicted molar refractivity (Wildman–Crippen MR) is 64.0 cm³/mol. The molecule has 0 aliphatic heterocycles. The van der Waals surface area contributed by atoms with Crippen LogP contribution in [0.5, 0.6) is 11.5 Å². The average molecular weight is 286 g/mol. The number of para-hydroxylation sites is 2. The number of rotatable bonds is 5. The second kappa shape index (κ2) is 5.40. The monoisotopic (exact) mass is 286 g/mol. The molecule has 106 valence electrons. The van der Waals surface area contributed by atoms with Crippen LogP contribution in [0.25, 0.3) is 0 Å².